The Kier molecular flexibility index (Phi) is 3.40. The van der Waals surface area contributed by atoms with E-state index in [0.717, 1.165) is 18.5 Å². The maximum absolute atomic E-state index is 11.5. The number of anilines is 1. The molecule has 5 heteroatoms. The van der Waals surface area contributed by atoms with Crippen LogP contribution in [0, 0.1) is 0 Å². The summed E-state index contributed by atoms with van der Waals surface area (Å²) in [6.45, 7) is 1.23. The number of piperidine rings is 1. The van der Waals surface area contributed by atoms with Gasteiger partial charge in [0.25, 0.3) is 0 Å². The molecule has 0 aromatic heterocycles. The summed E-state index contributed by atoms with van der Waals surface area (Å²) in [6.07, 6.45) is 3.23. The van der Waals surface area contributed by atoms with E-state index in [9.17, 15) is 8.42 Å². The molecule has 0 saturated carbocycles. The van der Waals surface area contributed by atoms with E-state index >= 15 is 0 Å². The first-order valence-electron chi connectivity index (χ1n) is 5.77. The second kappa shape index (κ2) is 4.66. The molecular formula is C12H18N2O2S. The summed E-state index contributed by atoms with van der Waals surface area (Å²) in [4.78, 5) is 0. The van der Waals surface area contributed by atoms with Crippen LogP contribution in [0.2, 0.25) is 0 Å². The summed E-state index contributed by atoms with van der Waals surface area (Å²) < 4.78 is 24.6. The Labute approximate surface area is 102 Å². The number of hydrogen-bond acceptors (Lipinski definition) is 3. The SMILES string of the molecule is CS(=O)(=O)N1CCCC(c2ccc(N)cc2)C1. The van der Waals surface area contributed by atoms with Crippen molar-refractivity contribution >= 4 is 15.7 Å². The molecule has 0 spiro atoms. The third kappa shape index (κ3) is 2.98. The molecule has 2 rings (SSSR count). The van der Waals surface area contributed by atoms with Gasteiger partial charge in [-0.25, -0.2) is 12.7 Å². The van der Waals surface area contributed by atoms with Crippen molar-refractivity contribution in [3.8, 4) is 0 Å². The molecule has 1 aromatic carbocycles. The van der Waals surface area contributed by atoms with E-state index in [-0.39, 0.29) is 0 Å². The number of rotatable bonds is 2. The van der Waals surface area contributed by atoms with Crippen LogP contribution in [0.3, 0.4) is 0 Å². The van der Waals surface area contributed by atoms with E-state index in [1.54, 1.807) is 4.31 Å². The van der Waals surface area contributed by atoms with Crippen molar-refractivity contribution in [1.29, 1.82) is 0 Å². The molecule has 1 unspecified atom stereocenters. The first-order valence-corrected chi connectivity index (χ1v) is 7.62. The van der Waals surface area contributed by atoms with Crippen molar-refractivity contribution in [2.45, 2.75) is 18.8 Å². The normalized spacial score (nSPS) is 22.5. The van der Waals surface area contributed by atoms with Crippen molar-refractivity contribution < 1.29 is 8.42 Å². The highest BCUT2D eigenvalue weighted by Gasteiger charge is 2.26. The van der Waals surface area contributed by atoms with Crippen molar-refractivity contribution in [3.05, 3.63) is 29.8 Å². The number of sulfonamides is 1. The number of nitrogen functional groups attached to an aromatic ring is 1. The lowest BCUT2D eigenvalue weighted by Crippen LogP contribution is -2.38. The third-order valence-corrected chi connectivity index (χ3v) is 4.53. The number of nitrogens with two attached hydrogens (primary N) is 1. The van der Waals surface area contributed by atoms with Gasteiger partial charge in [0.05, 0.1) is 6.26 Å². The van der Waals surface area contributed by atoms with Crippen LogP contribution in [0.1, 0.15) is 24.3 Å². The van der Waals surface area contributed by atoms with Gasteiger partial charge in [-0.1, -0.05) is 12.1 Å². The molecule has 4 nitrogen and oxygen atoms in total. The quantitative estimate of drug-likeness (QED) is 0.812. The lowest BCUT2D eigenvalue weighted by Gasteiger charge is -2.31. The molecule has 1 aliphatic heterocycles. The zero-order valence-electron chi connectivity index (χ0n) is 9.96. The van der Waals surface area contributed by atoms with Gasteiger partial charge in [-0.2, -0.15) is 0 Å². The minimum absolute atomic E-state index is 0.291. The van der Waals surface area contributed by atoms with E-state index in [2.05, 4.69) is 0 Å². The standard InChI is InChI=1S/C12H18N2O2S/c1-17(15,16)14-8-2-3-11(9-14)10-4-6-12(13)7-5-10/h4-7,11H,2-3,8-9,13H2,1H3. The fraction of sp³-hybridized carbons (Fsp3) is 0.500. The maximum Gasteiger partial charge on any atom is 0.211 e. The summed E-state index contributed by atoms with van der Waals surface area (Å²) in [6, 6.07) is 7.72. The van der Waals surface area contributed by atoms with Crippen LogP contribution in [0.15, 0.2) is 24.3 Å². The highest BCUT2D eigenvalue weighted by Crippen LogP contribution is 2.28. The monoisotopic (exact) mass is 254 g/mol. The first kappa shape index (κ1) is 12.4. The second-order valence-electron chi connectivity index (χ2n) is 4.63. The van der Waals surface area contributed by atoms with Gasteiger partial charge in [0.15, 0.2) is 0 Å². The molecule has 0 aliphatic carbocycles. The number of nitrogens with zero attached hydrogens (tertiary/aromatic N) is 1. The molecule has 1 aliphatic rings. The summed E-state index contributed by atoms with van der Waals surface area (Å²) in [5.74, 6) is 0.291. The Morgan fingerprint density at radius 3 is 2.53 bits per heavy atom. The van der Waals surface area contributed by atoms with E-state index < -0.39 is 10.0 Å². The van der Waals surface area contributed by atoms with Crippen LogP contribution < -0.4 is 5.73 Å². The van der Waals surface area contributed by atoms with E-state index in [4.69, 9.17) is 5.73 Å². The smallest absolute Gasteiger partial charge is 0.211 e. The van der Waals surface area contributed by atoms with E-state index in [1.165, 1.54) is 11.8 Å². The van der Waals surface area contributed by atoms with Gasteiger partial charge in [0, 0.05) is 18.8 Å². The van der Waals surface area contributed by atoms with Gasteiger partial charge < -0.3 is 5.73 Å². The predicted octanol–water partition coefficient (Wildman–Crippen LogP) is 1.41. The van der Waals surface area contributed by atoms with Crippen molar-refractivity contribution in [3.63, 3.8) is 0 Å². The molecule has 0 amide bonds. The molecule has 94 valence electrons. The van der Waals surface area contributed by atoms with Crippen LogP contribution in [0.25, 0.3) is 0 Å². The summed E-state index contributed by atoms with van der Waals surface area (Å²) in [7, 11) is -3.07. The molecule has 1 heterocycles. The van der Waals surface area contributed by atoms with Crippen molar-refractivity contribution in [2.24, 2.45) is 0 Å². The molecule has 0 radical (unpaired) electrons. The second-order valence-corrected chi connectivity index (χ2v) is 6.61. The van der Waals surface area contributed by atoms with Crippen LogP contribution in [0.5, 0.6) is 0 Å². The summed E-state index contributed by atoms with van der Waals surface area (Å²) >= 11 is 0. The Bertz CT molecular complexity index is 482. The highest BCUT2D eigenvalue weighted by atomic mass is 32.2. The summed E-state index contributed by atoms with van der Waals surface area (Å²) in [5, 5.41) is 0. The van der Waals surface area contributed by atoms with Gasteiger partial charge in [0.2, 0.25) is 10.0 Å². The molecular weight excluding hydrogens is 236 g/mol. The van der Waals surface area contributed by atoms with Crippen LogP contribution in [-0.4, -0.2) is 32.1 Å². The zero-order chi connectivity index (χ0) is 12.5. The van der Waals surface area contributed by atoms with Crippen LogP contribution >= 0.6 is 0 Å². The van der Waals surface area contributed by atoms with E-state index in [1.807, 2.05) is 24.3 Å². The molecule has 1 fully saturated rings. The fourth-order valence-corrected chi connectivity index (χ4v) is 3.20. The van der Waals surface area contributed by atoms with Crippen LogP contribution in [-0.2, 0) is 10.0 Å². The maximum atomic E-state index is 11.5. The molecule has 1 atom stereocenters. The first-order chi connectivity index (χ1) is 7.97. The largest absolute Gasteiger partial charge is 0.399 e. The van der Waals surface area contributed by atoms with Crippen molar-refractivity contribution in [1.82, 2.24) is 4.31 Å². The van der Waals surface area contributed by atoms with Gasteiger partial charge in [-0.15, -0.1) is 0 Å². The number of hydrogen-bond donors (Lipinski definition) is 1. The average molecular weight is 254 g/mol. The molecule has 0 bridgehead atoms. The number of benzene rings is 1. The Morgan fingerprint density at radius 1 is 1.29 bits per heavy atom. The van der Waals surface area contributed by atoms with Gasteiger partial charge in [0.1, 0.15) is 0 Å². The van der Waals surface area contributed by atoms with Crippen molar-refractivity contribution in [2.75, 3.05) is 25.1 Å². The lowest BCUT2D eigenvalue weighted by molar-refractivity contribution is 0.317. The van der Waals surface area contributed by atoms with E-state index in [0.29, 0.717) is 19.0 Å². The minimum atomic E-state index is -3.07. The highest BCUT2D eigenvalue weighted by molar-refractivity contribution is 7.88. The predicted molar refractivity (Wildman–Crippen MR) is 69.2 cm³/mol. The van der Waals surface area contributed by atoms with Gasteiger partial charge >= 0.3 is 0 Å². The lowest BCUT2D eigenvalue weighted by atomic mass is 9.92. The molecule has 17 heavy (non-hydrogen) atoms. The van der Waals surface area contributed by atoms with Gasteiger partial charge in [-0.05, 0) is 36.5 Å². The Hall–Kier alpha value is -1.07. The molecule has 2 N–H and O–H groups in total. The summed E-state index contributed by atoms with van der Waals surface area (Å²) in [5.41, 5.74) is 7.56. The Balaban J connectivity index is 2.15. The zero-order valence-corrected chi connectivity index (χ0v) is 10.8. The Morgan fingerprint density at radius 2 is 1.94 bits per heavy atom. The fourth-order valence-electron chi connectivity index (χ4n) is 2.28. The average Bonchev–Trinajstić information content (AvgIpc) is 2.29. The topological polar surface area (TPSA) is 63.4 Å². The third-order valence-electron chi connectivity index (χ3n) is 3.26. The molecule has 1 aromatic rings. The van der Waals surface area contributed by atoms with Crippen LogP contribution in [0.4, 0.5) is 5.69 Å². The minimum Gasteiger partial charge on any atom is -0.399 e. The molecule has 1 saturated heterocycles. The van der Waals surface area contributed by atoms with Gasteiger partial charge in [-0.3, -0.25) is 0 Å².